The molecule has 0 amide bonds. The summed E-state index contributed by atoms with van der Waals surface area (Å²) >= 11 is 0. The summed E-state index contributed by atoms with van der Waals surface area (Å²) in [6.07, 6.45) is 4.61. The van der Waals surface area contributed by atoms with E-state index in [1.165, 1.54) is 6.42 Å². The van der Waals surface area contributed by atoms with Crippen molar-refractivity contribution in [1.82, 2.24) is 14.9 Å². The van der Waals surface area contributed by atoms with Crippen molar-refractivity contribution >= 4 is 5.82 Å². The lowest BCUT2D eigenvalue weighted by Crippen LogP contribution is -2.22. The van der Waals surface area contributed by atoms with Crippen molar-refractivity contribution in [2.75, 3.05) is 32.2 Å². The van der Waals surface area contributed by atoms with E-state index >= 15 is 0 Å². The molecule has 6 nitrogen and oxygen atoms in total. The number of nitrogens with one attached hydrogen (secondary N) is 1. The first-order valence-electron chi connectivity index (χ1n) is 5.80. The molecule has 1 aliphatic heterocycles. The molecule has 0 aromatic carbocycles. The molecule has 17 heavy (non-hydrogen) atoms. The number of hydrogen-bond acceptors (Lipinski definition) is 6. The molecule has 6 heteroatoms. The number of ether oxygens (including phenoxy) is 1. The van der Waals surface area contributed by atoms with Gasteiger partial charge in [0, 0.05) is 20.2 Å². The number of likely N-dealkylation sites (tertiary alicyclic amines) is 1. The fourth-order valence-electron chi connectivity index (χ4n) is 2.17. The van der Waals surface area contributed by atoms with E-state index in [4.69, 9.17) is 10.6 Å². The Morgan fingerprint density at radius 2 is 2.41 bits per heavy atom. The zero-order chi connectivity index (χ0) is 12.1. The number of nitrogens with two attached hydrogens (primary N) is 1. The van der Waals surface area contributed by atoms with Gasteiger partial charge in [-0.2, -0.15) is 0 Å². The van der Waals surface area contributed by atoms with Gasteiger partial charge in [0.15, 0.2) is 5.82 Å². The van der Waals surface area contributed by atoms with Crippen LogP contribution in [0.1, 0.15) is 12.1 Å². The van der Waals surface area contributed by atoms with Crippen molar-refractivity contribution in [3.05, 3.63) is 18.1 Å². The SMILES string of the molecule is COCC1CCN(Cc2cnc(NN)cn2)C1. The predicted molar refractivity (Wildman–Crippen MR) is 65.1 cm³/mol. The molecule has 1 aromatic rings. The Kier molecular flexibility index (Phi) is 4.24. The molecule has 1 unspecified atom stereocenters. The van der Waals surface area contributed by atoms with E-state index in [0.717, 1.165) is 31.9 Å². The number of aromatic nitrogens is 2. The molecule has 1 atom stereocenters. The highest BCUT2D eigenvalue weighted by molar-refractivity contribution is 5.28. The summed E-state index contributed by atoms with van der Waals surface area (Å²) in [5.74, 6) is 6.48. The van der Waals surface area contributed by atoms with Crippen LogP contribution in [0.15, 0.2) is 12.4 Å². The van der Waals surface area contributed by atoms with Gasteiger partial charge in [0.25, 0.3) is 0 Å². The molecule has 1 aliphatic rings. The third-order valence-corrected chi connectivity index (χ3v) is 3.01. The summed E-state index contributed by atoms with van der Waals surface area (Å²) < 4.78 is 5.18. The van der Waals surface area contributed by atoms with Crippen LogP contribution in [0.5, 0.6) is 0 Å². The smallest absolute Gasteiger partial charge is 0.158 e. The summed E-state index contributed by atoms with van der Waals surface area (Å²) in [6.45, 7) is 3.87. The third-order valence-electron chi connectivity index (χ3n) is 3.01. The van der Waals surface area contributed by atoms with Gasteiger partial charge in [0.2, 0.25) is 0 Å². The summed E-state index contributed by atoms with van der Waals surface area (Å²) in [4.78, 5) is 10.8. The minimum absolute atomic E-state index is 0.590. The number of methoxy groups -OCH3 is 1. The standard InChI is InChI=1S/C11H19N5O/c1-17-8-9-2-3-16(6-9)7-10-4-14-11(15-12)5-13-10/h4-5,9H,2-3,6-8,12H2,1H3,(H,14,15). The Labute approximate surface area is 101 Å². The maximum absolute atomic E-state index is 5.24. The van der Waals surface area contributed by atoms with E-state index in [1.54, 1.807) is 19.5 Å². The van der Waals surface area contributed by atoms with Crippen molar-refractivity contribution in [2.45, 2.75) is 13.0 Å². The molecular formula is C11H19N5O. The topological polar surface area (TPSA) is 76.3 Å². The van der Waals surface area contributed by atoms with Crippen LogP contribution in [-0.4, -0.2) is 41.7 Å². The molecule has 1 aromatic heterocycles. The predicted octanol–water partition coefficient (Wildman–Crippen LogP) is 0.231. The minimum atomic E-state index is 0.590. The Bertz CT molecular complexity index is 342. The van der Waals surface area contributed by atoms with Gasteiger partial charge in [-0.3, -0.25) is 9.88 Å². The molecule has 0 bridgehead atoms. The van der Waals surface area contributed by atoms with Gasteiger partial charge in [-0.25, -0.2) is 10.8 Å². The first-order valence-corrected chi connectivity index (χ1v) is 5.80. The number of rotatable bonds is 5. The van der Waals surface area contributed by atoms with Gasteiger partial charge in [-0.15, -0.1) is 0 Å². The summed E-state index contributed by atoms with van der Waals surface area (Å²) in [5, 5.41) is 0. The second-order valence-corrected chi connectivity index (χ2v) is 4.38. The molecule has 3 N–H and O–H groups in total. The quantitative estimate of drug-likeness (QED) is 0.564. The number of nitrogen functional groups attached to an aromatic ring is 1. The largest absolute Gasteiger partial charge is 0.384 e. The van der Waals surface area contributed by atoms with Crippen molar-refractivity contribution in [1.29, 1.82) is 0 Å². The highest BCUT2D eigenvalue weighted by atomic mass is 16.5. The molecule has 0 spiro atoms. The van der Waals surface area contributed by atoms with E-state index in [0.29, 0.717) is 11.7 Å². The molecule has 1 fully saturated rings. The molecule has 1 saturated heterocycles. The molecular weight excluding hydrogens is 218 g/mol. The zero-order valence-electron chi connectivity index (χ0n) is 10.1. The maximum Gasteiger partial charge on any atom is 0.158 e. The summed E-state index contributed by atoms with van der Waals surface area (Å²) in [7, 11) is 1.76. The van der Waals surface area contributed by atoms with Gasteiger partial charge in [-0.05, 0) is 18.9 Å². The molecule has 0 saturated carbocycles. The Morgan fingerprint density at radius 1 is 1.53 bits per heavy atom. The molecule has 2 rings (SSSR count). The van der Waals surface area contributed by atoms with E-state index in [9.17, 15) is 0 Å². The fraction of sp³-hybridized carbons (Fsp3) is 0.636. The fourth-order valence-corrected chi connectivity index (χ4v) is 2.17. The third kappa shape index (κ3) is 3.36. The van der Waals surface area contributed by atoms with Crippen molar-refractivity contribution in [2.24, 2.45) is 11.8 Å². The summed E-state index contributed by atoms with van der Waals surface area (Å²) in [6, 6.07) is 0. The second-order valence-electron chi connectivity index (χ2n) is 4.38. The summed E-state index contributed by atoms with van der Waals surface area (Å²) in [5.41, 5.74) is 3.44. The Morgan fingerprint density at radius 3 is 3.06 bits per heavy atom. The van der Waals surface area contributed by atoms with Gasteiger partial charge < -0.3 is 10.2 Å². The lowest BCUT2D eigenvalue weighted by molar-refractivity contribution is 0.152. The van der Waals surface area contributed by atoms with Crippen molar-refractivity contribution in [3.8, 4) is 0 Å². The maximum atomic E-state index is 5.24. The average molecular weight is 237 g/mol. The number of anilines is 1. The number of hydrazine groups is 1. The lowest BCUT2D eigenvalue weighted by atomic mass is 10.1. The van der Waals surface area contributed by atoms with E-state index in [1.807, 2.05) is 0 Å². The van der Waals surface area contributed by atoms with E-state index in [-0.39, 0.29) is 0 Å². The van der Waals surface area contributed by atoms with E-state index in [2.05, 4.69) is 20.3 Å². The van der Waals surface area contributed by atoms with Crippen LogP contribution in [0.3, 0.4) is 0 Å². The molecule has 0 radical (unpaired) electrons. The minimum Gasteiger partial charge on any atom is -0.384 e. The van der Waals surface area contributed by atoms with Gasteiger partial charge >= 0.3 is 0 Å². The van der Waals surface area contributed by atoms with Crippen LogP contribution in [0, 0.1) is 5.92 Å². The van der Waals surface area contributed by atoms with Crippen LogP contribution in [0.4, 0.5) is 5.82 Å². The van der Waals surface area contributed by atoms with E-state index < -0.39 is 0 Å². The highest BCUT2D eigenvalue weighted by Crippen LogP contribution is 2.18. The van der Waals surface area contributed by atoms with Crippen LogP contribution >= 0.6 is 0 Å². The van der Waals surface area contributed by atoms with Crippen molar-refractivity contribution < 1.29 is 4.74 Å². The molecule has 94 valence electrons. The monoisotopic (exact) mass is 237 g/mol. The van der Waals surface area contributed by atoms with Crippen molar-refractivity contribution in [3.63, 3.8) is 0 Å². The molecule has 2 heterocycles. The first-order chi connectivity index (χ1) is 8.31. The Balaban J connectivity index is 1.84. The number of nitrogens with zero attached hydrogens (tertiary/aromatic N) is 3. The Hall–Kier alpha value is -1.24. The highest BCUT2D eigenvalue weighted by Gasteiger charge is 2.22. The van der Waals surface area contributed by atoms with Crippen LogP contribution in [0.25, 0.3) is 0 Å². The van der Waals surface area contributed by atoms with Gasteiger partial charge in [-0.1, -0.05) is 0 Å². The average Bonchev–Trinajstić information content (AvgIpc) is 2.78. The van der Waals surface area contributed by atoms with Gasteiger partial charge in [0.05, 0.1) is 24.7 Å². The van der Waals surface area contributed by atoms with Crippen LogP contribution < -0.4 is 11.3 Å². The number of hydrogen-bond donors (Lipinski definition) is 2. The van der Waals surface area contributed by atoms with Crippen LogP contribution in [0.2, 0.25) is 0 Å². The second kappa shape index (κ2) is 5.90. The zero-order valence-corrected chi connectivity index (χ0v) is 10.1. The van der Waals surface area contributed by atoms with Gasteiger partial charge in [0.1, 0.15) is 0 Å². The first kappa shape index (κ1) is 12.2. The lowest BCUT2D eigenvalue weighted by Gasteiger charge is -2.15. The molecule has 0 aliphatic carbocycles. The normalized spacial score (nSPS) is 20.7. The van der Waals surface area contributed by atoms with Crippen LogP contribution in [-0.2, 0) is 11.3 Å².